The van der Waals surface area contributed by atoms with Gasteiger partial charge in [0, 0.05) is 7.11 Å². The molecule has 2 unspecified atom stereocenters. The summed E-state index contributed by atoms with van der Waals surface area (Å²) in [4.78, 5) is 0. The number of hydrogen-bond donors (Lipinski definition) is 0. The molecule has 8 heavy (non-hydrogen) atoms. The van der Waals surface area contributed by atoms with Crippen molar-refractivity contribution in [1.82, 2.24) is 0 Å². The van der Waals surface area contributed by atoms with Gasteiger partial charge in [-0.25, -0.2) is 0 Å². The number of hydrogen-bond acceptors (Lipinski definition) is 2. The Bertz CT molecular complexity index is 56.4. The lowest BCUT2D eigenvalue weighted by Gasteiger charge is -2.11. The van der Waals surface area contributed by atoms with Gasteiger partial charge < -0.3 is 9.47 Å². The van der Waals surface area contributed by atoms with Crippen molar-refractivity contribution in [3.63, 3.8) is 0 Å². The average molecular weight is 139 g/mol. The Labute approximate surface area is 54.7 Å². The fraction of sp³-hybridized carbons (Fsp3) is 1.00. The van der Waals surface area contributed by atoms with Crippen molar-refractivity contribution in [2.75, 3.05) is 7.11 Å². The maximum atomic E-state index is 5.45. The van der Waals surface area contributed by atoms with Crippen LogP contribution in [0.2, 0.25) is 0 Å². The molecule has 0 aliphatic heterocycles. The summed E-state index contributed by atoms with van der Waals surface area (Å²) in [5.74, 6) is 0. The Kier molecular flexibility index (Phi) is 4.23. The van der Waals surface area contributed by atoms with E-state index in [1.165, 1.54) is 0 Å². The van der Waals surface area contributed by atoms with Gasteiger partial charge in [0.1, 0.15) is 5.56 Å². The Morgan fingerprint density at radius 1 is 1.38 bits per heavy atom. The Morgan fingerprint density at radius 2 is 1.88 bits per heavy atom. The largest absolute Gasteiger partial charge is 0.356 e. The normalized spacial score (nSPS) is 18.0. The predicted octanol–water partition coefficient (Wildman–Crippen LogP) is 1.58. The van der Waals surface area contributed by atoms with Crippen LogP contribution in [0.4, 0.5) is 0 Å². The van der Waals surface area contributed by atoms with Crippen LogP contribution in [0.15, 0.2) is 0 Å². The molecule has 0 radical (unpaired) electrons. The van der Waals surface area contributed by atoms with E-state index < -0.39 is 0 Å². The Hall–Kier alpha value is 0.210. The van der Waals surface area contributed by atoms with Crippen LogP contribution >= 0.6 is 11.6 Å². The molecular formula is C5H11ClO2. The van der Waals surface area contributed by atoms with Crippen molar-refractivity contribution in [1.29, 1.82) is 0 Å². The lowest BCUT2D eigenvalue weighted by atomic mass is 10.7. The first-order valence-corrected chi connectivity index (χ1v) is 2.92. The SMILES string of the molecule is COC(C)OC(C)Cl. The molecule has 0 aliphatic rings. The summed E-state index contributed by atoms with van der Waals surface area (Å²) < 4.78 is 9.70. The van der Waals surface area contributed by atoms with Crippen LogP contribution in [0.3, 0.4) is 0 Å². The van der Waals surface area contributed by atoms with Crippen molar-refractivity contribution in [3.8, 4) is 0 Å². The van der Waals surface area contributed by atoms with Gasteiger partial charge in [-0.2, -0.15) is 0 Å². The number of ether oxygens (including phenoxy) is 2. The highest BCUT2D eigenvalue weighted by molar-refractivity contribution is 6.19. The van der Waals surface area contributed by atoms with Crippen molar-refractivity contribution in [3.05, 3.63) is 0 Å². The predicted molar refractivity (Wildman–Crippen MR) is 32.9 cm³/mol. The fourth-order valence-corrected chi connectivity index (χ4v) is 0.464. The minimum Gasteiger partial charge on any atom is -0.356 e. The molecule has 0 heterocycles. The first-order valence-electron chi connectivity index (χ1n) is 2.49. The van der Waals surface area contributed by atoms with Crippen molar-refractivity contribution < 1.29 is 9.47 Å². The minimum atomic E-state index is -0.273. The van der Waals surface area contributed by atoms with E-state index in [4.69, 9.17) is 21.1 Å². The molecular weight excluding hydrogens is 128 g/mol. The molecule has 0 aromatic heterocycles. The van der Waals surface area contributed by atoms with E-state index in [1.807, 2.05) is 0 Å². The summed E-state index contributed by atoms with van der Waals surface area (Å²) in [6.45, 7) is 3.54. The van der Waals surface area contributed by atoms with Crippen LogP contribution in [0.5, 0.6) is 0 Å². The van der Waals surface area contributed by atoms with E-state index in [9.17, 15) is 0 Å². The molecule has 0 aromatic rings. The summed E-state index contributed by atoms with van der Waals surface area (Å²) in [6, 6.07) is 0. The van der Waals surface area contributed by atoms with Crippen LogP contribution in [0.1, 0.15) is 13.8 Å². The van der Waals surface area contributed by atoms with E-state index in [2.05, 4.69) is 0 Å². The second kappa shape index (κ2) is 4.13. The summed E-state index contributed by atoms with van der Waals surface area (Å²) >= 11 is 5.45. The quantitative estimate of drug-likeness (QED) is 0.436. The monoisotopic (exact) mass is 138 g/mol. The zero-order valence-electron chi connectivity index (χ0n) is 5.35. The third kappa shape index (κ3) is 4.37. The molecule has 3 heteroatoms. The maximum Gasteiger partial charge on any atom is 0.156 e. The van der Waals surface area contributed by atoms with Gasteiger partial charge in [-0.1, -0.05) is 11.6 Å². The molecule has 2 atom stereocenters. The molecule has 0 bridgehead atoms. The molecule has 50 valence electrons. The molecule has 0 aliphatic carbocycles. The minimum absolute atomic E-state index is 0.206. The number of alkyl halides is 1. The number of methoxy groups -OCH3 is 1. The molecule has 0 saturated heterocycles. The highest BCUT2D eigenvalue weighted by Crippen LogP contribution is 2.00. The lowest BCUT2D eigenvalue weighted by Crippen LogP contribution is -2.13. The standard InChI is InChI=1S/C5H11ClO2/c1-4(6)8-5(2)7-3/h4-5H,1-3H3. The Balaban J connectivity index is 3.10. The second-order valence-electron chi connectivity index (χ2n) is 1.48. The second-order valence-corrected chi connectivity index (χ2v) is 2.10. The van der Waals surface area contributed by atoms with Gasteiger partial charge in [-0.3, -0.25) is 0 Å². The first kappa shape index (κ1) is 8.21. The van der Waals surface area contributed by atoms with E-state index >= 15 is 0 Å². The first-order chi connectivity index (χ1) is 3.66. The van der Waals surface area contributed by atoms with Gasteiger partial charge in [0.2, 0.25) is 0 Å². The average Bonchev–Trinajstić information content (AvgIpc) is 1.65. The Morgan fingerprint density at radius 3 is 2.00 bits per heavy atom. The van der Waals surface area contributed by atoms with Crippen LogP contribution in [-0.4, -0.2) is 19.0 Å². The van der Waals surface area contributed by atoms with E-state index in [0.717, 1.165) is 0 Å². The molecule has 2 nitrogen and oxygen atoms in total. The molecule has 0 fully saturated rings. The molecule has 0 spiro atoms. The molecule has 0 rings (SSSR count). The van der Waals surface area contributed by atoms with Gasteiger partial charge in [-0.05, 0) is 13.8 Å². The van der Waals surface area contributed by atoms with Crippen LogP contribution < -0.4 is 0 Å². The molecule has 0 N–H and O–H groups in total. The number of rotatable bonds is 3. The zero-order chi connectivity index (χ0) is 6.57. The molecule has 0 amide bonds. The van der Waals surface area contributed by atoms with Crippen molar-refractivity contribution in [2.24, 2.45) is 0 Å². The topological polar surface area (TPSA) is 18.5 Å². The van der Waals surface area contributed by atoms with Crippen molar-refractivity contribution in [2.45, 2.75) is 25.7 Å². The van der Waals surface area contributed by atoms with Gasteiger partial charge >= 0.3 is 0 Å². The third-order valence-corrected chi connectivity index (χ3v) is 0.814. The number of halogens is 1. The van der Waals surface area contributed by atoms with E-state index in [-0.39, 0.29) is 11.9 Å². The lowest BCUT2D eigenvalue weighted by molar-refractivity contribution is -0.118. The molecule has 0 aromatic carbocycles. The summed E-state index contributed by atoms with van der Waals surface area (Å²) in [6.07, 6.45) is -0.206. The summed E-state index contributed by atoms with van der Waals surface area (Å²) in [7, 11) is 1.57. The molecule has 0 saturated carbocycles. The zero-order valence-corrected chi connectivity index (χ0v) is 6.11. The van der Waals surface area contributed by atoms with Gasteiger partial charge in [0.05, 0.1) is 0 Å². The van der Waals surface area contributed by atoms with E-state index in [1.54, 1.807) is 21.0 Å². The maximum absolute atomic E-state index is 5.45. The summed E-state index contributed by atoms with van der Waals surface area (Å²) in [5, 5.41) is 0. The fourth-order valence-electron chi connectivity index (χ4n) is 0.320. The summed E-state index contributed by atoms with van der Waals surface area (Å²) in [5.41, 5.74) is -0.273. The van der Waals surface area contributed by atoms with Gasteiger partial charge in [-0.15, -0.1) is 0 Å². The van der Waals surface area contributed by atoms with Gasteiger partial charge in [0.25, 0.3) is 0 Å². The smallest absolute Gasteiger partial charge is 0.156 e. The van der Waals surface area contributed by atoms with Gasteiger partial charge in [0.15, 0.2) is 6.29 Å². The highest BCUT2D eigenvalue weighted by atomic mass is 35.5. The highest BCUT2D eigenvalue weighted by Gasteiger charge is 2.01. The van der Waals surface area contributed by atoms with Crippen LogP contribution in [0, 0.1) is 0 Å². The third-order valence-electron chi connectivity index (χ3n) is 0.711. The van der Waals surface area contributed by atoms with Crippen LogP contribution in [0.25, 0.3) is 0 Å². The van der Waals surface area contributed by atoms with Crippen molar-refractivity contribution >= 4 is 11.6 Å². The van der Waals surface area contributed by atoms with E-state index in [0.29, 0.717) is 0 Å². The van der Waals surface area contributed by atoms with Crippen LogP contribution in [-0.2, 0) is 9.47 Å².